The minimum absolute atomic E-state index is 0.132. The SMILES string of the molecule is CCN(CC1CCCN1)S(=O)(=O)c1cccc(C(C)=O)c1. The van der Waals surface area contributed by atoms with Crippen molar-refractivity contribution in [3.8, 4) is 0 Å². The lowest BCUT2D eigenvalue weighted by Crippen LogP contribution is -2.40. The van der Waals surface area contributed by atoms with Crippen LogP contribution in [0.3, 0.4) is 0 Å². The number of likely N-dealkylation sites (N-methyl/N-ethyl adjacent to an activating group) is 1. The average molecular weight is 310 g/mol. The molecular formula is C15H22N2O3S. The summed E-state index contributed by atoms with van der Waals surface area (Å²) in [5.41, 5.74) is 0.422. The summed E-state index contributed by atoms with van der Waals surface area (Å²) in [5.74, 6) is -0.132. The van der Waals surface area contributed by atoms with Crippen molar-refractivity contribution in [2.24, 2.45) is 0 Å². The molecule has 0 amide bonds. The van der Waals surface area contributed by atoms with Crippen LogP contribution in [-0.4, -0.2) is 44.2 Å². The average Bonchev–Trinajstić information content (AvgIpc) is 2.97. The van der Waals surface area contributed by atoms with Crippen LogP contribution in [0, 0.1) is 0 Å². The maximum atomic E-state index is 12.7. The molecule has 116 valence electrons. The standard InChI is InChI=1S/C15H22N2O3S/c1-3-17(11-14-7-5-9-16-14)21(19,20)15-8-4-6-13(10-15)12(2)18/h4,6,8,10,14,16H,3,5,7,9,11H2,1-2H3. The molecular weight excluding hydrogens is 288 g/mol. The Morgan fingerprint density at radius 1 is 1.43 bits per heavy atom. The topological polar surface area (TPSA) is 66.5 Å². The molecule has 1 saturated heterocycles. The maximum absolute atomic E-state index is 12.7. The summed E-state index contributed by atoms with van der Waals surface area (Å²) < 4.78 is 26.9. The Bertz CT molecular complexity index is 607. The Hall–Kier alpha value is -1.24. The fourth-order valence-electron chi connectivity index (χ4n) is 2.58. The van der Waals surface area contributed by atoms with Crippen LogP contribution in [0.15, 0.2) is 29.2 Å². The molecule has 1 heterocycles. The van der Waals surface area contributed by atoms with E-state index in [1.165, 1.54) is 17.3 Å². The van der Waals surface area contributed by atoms with Gasteiger partial charge in [0.25, 0.3) is 0 Å². The molecule has 1 aromatic carbocycles. The van der Waals surface area contributed by atoms with Gasteiger partial charge in [-0.3, -0.25) is 4.79 Å². The number of rotatable bonds is 6. The normalized spacial score (nSPS) is 19.1. The lowest BCUT2D eigenvalue weighted by molar-refractivity contribution is 0.101. The summed E-state index contributed by atoms with van der Waals surface area (Å²) in [6.45, 7) is 5.11. The van der Waals surface area contributed by atoms with E-state index in [0.29, 0.717) is 18.7 Å². The van der Waals surface area contributed by atoms with Crippen molar-refractivity contribution < 1.29 is 13.2 Å². The number of benzene rings is 1. The van der Waals surface area contributed by atoms with Crippen LogP contribution in [0.1, 0.15) is 37.0 Å². The van der Waals surface area contributed by atoms with Crippen LogP contribution in [0.5, 0.6) is 0 Å². The Kier molecular flexibility index (Phi) is 5.13. The highest BCUT2D eigenvalue weighted by atomic mass is 32.2. The predicted octanol–water partition coefficient (Wildman–Crippen LogP) is 1.65. The van der Waals surface area contributed by atoms with Gasteiger partial charge in [0.05, 0.1) is 4.90 Å². The van der Waals surface area contributed by atoms with Crippen molar-refractivity contribution in [2.45, 2.75) is 37.6 Å². The van der Waals surface area contributed by atoms with Gasteiger partial charge < -0.3 is 5.32 Å². The lowest BCUT2D eigenvalue weighted by atomic mass is 10.2. The molecule has 1 atom stereocenters. The lowest BCUT2D eigenvalue weighted by Gasteiger charge is -2.24. The van der Waals surface area contributed by atoms with Crippen molar-refractivity contribution in [3.05, 3.63) is 29.8 Å². The second-order valence-electron chi connectivity index (χ2n) is 5.33. The monoisotopic (exact) mass is 310 g/mol. The van der Waals surface area contributed by atoms with E-state index in [-0.39, 0.29) is 16.7 Å². The van der Waals surface area contributed by atoms with E-state index in [9.17, 15) is 13.2 Å². The van der Waals surface area contributed by atoms with Crippen LogP contribution in [0.25, 0.3) is 0 Å². The summed E-state index contributed by atoms with van der Waals surface area (Å²) in [5, 5.41) is 3.31. The van der Waals surface area contributed by atoms with E-state index in [1.54, 1.807) is 18.2 Å². The number of hydrogen-bond donors (Lipinski definition) is 1. The van der Waals surface area contributed by atoms with Gasteiger partial charge in [0.1, 0.15) is 0 Å². The number of ketones is 1. The maximum Gasteiger partial charge on any atom is 0.243 e. The first kappa shape index (κ1) is 16.1. The second kappa shape index (κ2) is 6.68. The zero-order valence-corrected chi connectivity index (χ0v) is 13.3. The summed E-state index contributed by atoms with van der Waals surface area (Å²) >= 11 is 0. The summed E-state index contributed by atoms with van der Waals surface area (Å²) in [4.78, 5) is 11.6. The Morgan fingerprint density at radius 2 is 2.19 bits per heavy atom. The van der Waals surface area contributed by atoms with Crippen molar-refractivity contribution in [1.82, 2.24) is 9.62 Å². The molecule has 5 nitrogen and oxygen atoms in total. The summed E-state index contributed by atoms with van der Waals surface area (Å²) in [7, 11) is -3.55. The van der Waals surface area contributed by atoms with Gasteiger partial charge in [0.2, 0.25) is 10.0 Å². The van der Waals surface area contributed by atoms with Crippen LogP contribution in [0.2, 0.25) is 0 Å². The Balaban J connectivity index is 2.25. The van der Waals surface area contributed by atoms with Gasteiger partial charge in [-0.1, -0.05) is 19.1 Å². The molecule has 0 aromatic heterocycles. The van der Waals surface area contributed by atoms with E-state index >= 15 is 0 Å². The highest BCUT2D eigenvalue weighted by Crippen LogP contribution is 2.19. The van der Waals surface area contributed by atoms with E-state index in [4.69, 9.17) is 0 Å². The third-order valence-corrected chi connectivity index (χ3v) is 5.75. The molecule has 6 heteroatoms. The van der Waals surface area contributed by atoms with Gasteiger partial charge in [0.15, 0.2) is 5.78 Å². The highest BCUT2D eigenvalue weighted by molar-refractivity contribution is 7.89. The molecule has 1 aliphatic rings. The fourth-order valence-corrected chi connectivity index (χ4v) is 4.12. The van der Waals surface area contributed by atoms with Gasteiger partial charge in [-0.15, -0.1) is 0 Å². The first-order chi connectivity index (χ1) is 9.95. The number of carbonyl (C=O) groups is 1. The summed E-state index contributed by atoms with van der Waals surface area (Å²) in [6.07, 6.45) is 2.08. The molecule has 1 aliphatic heterocycles. The molecule has 1 fully saturated rings. The zero-order valence-electron chi connectivity index (χ0n) is 12.5. The van der Waals surface area contributed by atoms with Crippen molar-refractivity contribution >= 4 is 15.8 Å². The first-order valence-corrected chi connectivity index (χ1v) is 8.73. The number of sulfonamides is 1. The molecule has 1 unspecified atom stereocenters. The number of carbonyl (C=O) groups excluding carboxylic acids is 1. The van der Waals surface area contributed by atoms with E-state index in [1.807, 2.05) is 6.92 Å². The smallest absolute Gasteiger partial charge is 0.243 e. The number of Topliss-reactive ketones (excluding diaryl/α,β-unsaturated/α-hetero) is 1. The van der Waals surface area contributed by atoms with Crippen LogP contribution in [0.4, 0.5) is 0 Å². The van der Waals surface area contributed by atoms with Gasteiger partial charge in [0, 0.05) is 24.7 Å². The molecule has 0 bridgehead atoms. The molecule has 0 radical (unpaired) electrons. The first-order valence-electron chi connectivity index (χ1n) is 7.29. The molecule has 1 aromatic rings. The third-order valence-electron chi connectivity index (χ3n) is 3.82. The quantitative estimate of drug-likeness (QED) is 0.811. The van der Waals surface area contributed by atoms with E-state index in [2.05, 4.69) is 5.32 Å². The van der Waals surface area contributed by atoms with Crippen LogP contribution < -0.4 is 5.32 Å². The third kappa shape index (κ3) is 3.70. The molecule has 0 saturated carbocycles. The van der Waals surface area contributed by atoms with Crippen molar-refractivity contribution in [3.63, 3.8) is 0 Å². The second-order valence-corrected chi connectivity index (χ2v) is 7.27. The Morgan fingerprint density at radius 3 is 2.76 bits per heavy atom. The molecule has 1 N–H and O–H groups in total. The molecule has 0 aliphatic carbocycles. The highest BCUT2D eigenvalue weighted by Gasteiger charge is 2.27. The van der Waals surface area contributed by atoms with Gasteiger partial charge >= 0.3 is 0 Å². The predicted molar refractivity (Wildman–Crippen MR) is 81.9 cm³/mol. The van der Waals surface area contributed by atoms with Gasteiger partial charge in [-0.25, -0.2) is 8.42 Å². The van der Waals surface area contributed by atoms with E-state index < -0.39 is 10.0 Å². The molecule has 21 heavy (non-hydrogen) atoms. The number of nitrogens with one attached hydrogen (secondary N) is 1. The largest absolute Gasteiger partial charge is 0.313 e. The van der Waals surface area contributed by atoms with E-state index in [0.717, 1.165) is 19.4 Å². The minimum atomic E-state index is -3.55. The van der Waals surface area contributed by atoms with Crippen molar-refractivity contribution in [2.75, 3.05) is 19.6 Å². The fraction of sp³-hybridized carbons (Fsp3) is 0.533. The van der Waals surface area contributed by atoms with Gasteiger partial charge in [-0.05, 0) is 38.4 Å². The van der Waals surface area contributed by atoms with Crippen LogP contribution >= 0.6 is 0 Å². The van der Waals surface area contributed by atoms with Gasteiger partial charge in [-0.2, -0.15) is 4.31 Å². The minimum Gasteiger partial charge on any atom is -0.313 e. The number of hydrogen-bond acceptors (Lipinski definition) is 4. The Labute approximate surface area is 126 Å². The summed E-state index contributed by atoms with van der Waals surface area (Å²) in [6, 6.07) is 6.48. The van der Waals surface area contributed by atoms with Crippen molar-refractivity contribution in [1.29, 1.82) is 0 Å². The number of nitrogens with zero attached hydrogens (tertiary/aromatic N) is 1. The van der Waals surface area contributed by atoms with Crippen LogP contribution in [-0.2, 0) is 10.0 Å². The zero-order chi connectivity index (χ0) is 15.5. The molecule has 0 spiro atoms. The molecule has 2 rings (SSSR count).